The van der Waals surface area contributed by atoms with E-state index in [9.17, 15) is 0 Å². The van der Waals surface area contributed by atoms with Crippen LogP contribution in [0.3, 0.4) is 0 Å². The molecular weight excluding hydrogens is 498 g/mol. The van der Waals surface area contributed by atoms with Gasteiger partial charge >= 0.3 is 26.2 Å². The molecule has 2 atom stereocenters. The van der Waals surface area contributed by atoms with Crippen LogP contribution in [0.15, 0.2) is 36.4 Å². The van der Waals surface area contributed by atoms with E-state index in [2.05, 4.69) is 106 Å². The van der Waals surface area contributed by atoms with Crippen molar-refractivity contribution in [2.75, 3.05) is 0 Å². The van der Waals surface area contributed by atoms with Crippen molar-refractivity contribution in [3.8, 4) is 0 Å². The van der Waals surface area contributed by atoms with Crippen LogP contribution >= 0.6 is 0 Å². The van der Waals surface area contributed by atoms with Crippen molar-refractivity contribution in [3.05, 3.63) is 58.7 Å². The second-order valence-electron chi connectivity index (χ2n) is 10.4. The summed E-state index contributed by atoms with van der Waals surface area (Å²) in [6.07, 6.45) is 5.03. The Morgan fingerprint density at radius 1 is 0.710 bits per heavy atom. The first-order valence-corrected chi connectivity index (χ1v) is 11.4. The van der Waals surface area contributed by atoms with E-state index in [1.165, 1.54) is 47.9 Å². The molecule has 0 saturated heterocycles. The van der Waals surface area contributed by atoms with Gasteiger partial charge in [-0.3, -0.25) is 0 Å². The number of aryl methyl sites for hydroxylation is 2. The molecule has 0 heterocycles. The summed E-state index contributed by atoms with van der Waals surface area (Å²) < 4.78 is 0. The predicted molar refractivity (Wildman–Crippen MR) is 128 cm³/mol. The van der Waals surface area contributed by atoms with Gasteiger partial charge in [0.1, 0.15) is 0 Å². The number of rotatable bonds is 8. The third kappa shape index (κ3) is 11.2. The molecule has 0 fully saturated rings. The van der Waals surface area contributed by atoms with Crippen molar-refractivity contribution >= 4 is 0 Å². The Morgan fingerprint density at radius 2 is 1.00 bits per heavy atom. The molecule has 0 aliphatic heterocycles. The van der Waals surface area contributed by atoms with Crippen LogP contribution in [0.1, 0.15) is 103 Å². The molecule has 0 amide bonds. The molecule has 3 heteroatoms. The summed E-state index contributed by atoms with van der Waals surface area (Å²) in [6, 6.07) is 13.7. The smallest absolute Gasteiger partial charge is 1.00 e. The molecule has 2 rings (SSSR count). The van der Waals surface area contributed by atoms with Gasteiger partial charge in [-0.15, -0.1) is 0 Å². The van der Waals surface area contributed by atoms with Gasteiger partial charge in [-0.05, 0) is 11.8 Å². The monoisotopic (exact) mass is 542 g/mol. The maximum Gasteiger partial charge on any atom is 4.00 e. The molecule has 0 aromatic heterocycles. The van der Waals surface area contributed by atoms with Gasteiger partial charge in [0, 0.05) is 0 Å². The molecule has 31 heavy (non-hydrogen) atoms. The van der Waals surface area contributed by atoms with Gasteiger partial charge < -0.3 is 24.8 Å². The summed E-state index contributed by atoms with van der Waals surface area (Å²) in [4.78, 5) is 0. The second kappa shape index (κ2) is 15.9. The van der Waals surface area contributed by atoms with Crippen LogP contribution in [0.2, 0.25) is 0 Å². The van der Waals surface area contributed by atoms with Crippen molar-refractivity contribution in [3.63, 3.8) is 0 Å². The standard InChI is InChI=1S/2C14H23.2ClH.Zr/c2*1-6-14(5,10-11(2)3)13-8-7-12(4)9-13;;;/h2*7-9,11H,6,10H2,1-5H3;2*1H;/q2*-1;;;+4/p-2. The topological polar surface area (TPSA) is 0 Å². The van der Waals surface area contributed by atoms with Crippen LogP contribution < -0.4 is 24.8 Å². The van der Waals surface area contributed by atoms with E-state index in [0.717, 1.165) is 11.8 Å². The quantitative estimate of drug-likeness (QED) is 0.449. The molecule has 0 N–H and O–H groups in total. The molecule has 0 spiro atoms. The van der Waals surface area contributed by atoms with E-state index in [-0.39, 0.29) is 51.0 Å². The number of hydrogen-bond donors (Lipinski definition) is 0. The molecule has 0 radical (unpaired) electrons. The summed E-state index contributed by atoms with van der Waals surface area (Å²) in [5.74, 6) is 1.55. The van der Waals surface area contributed by atoms with Gasteiger partial charge in [0.05, 0.1) is 0 Å². The fraction of sp³-hybridized carbons (Fsp3) is 0.643. The fourth-order valence-corrected chi connectivity index (χ4v) is 4.61. The molecule has 0 bridgehead atoms. The first-order valence-electron chi connectivity index (χ1n) is 11.4. The summed E-state index contributed by atoms with van der Waals surface area (Å²) in [6.45, 7) is 23.0. The number of halogens is 2. The Labute approximate surface area is 226 Å². The normalized spacial score (nSPS) is 14.3. The Bertz CT molecular complexity index is 637. The van der Waals surface area contributed by atoms with Crippen molar-refractivity contribution in [2.45, 2.75) is 106 Å². The van der Waals surface area contributed by atoms with E-state index >= 15 is 0 Å². The zero-order chi connectivity index (χ0) is 21.5. The SMILES string of the molecule is CCC(C)(CC(C)C)c1cc[c-](C)c1.CCC(C)(CC(C)C)c1cc[c-](C)c1.[Cl-].[Cl-].[Zr+4]. The Balaban J connectivity index is -0.000000461. The van der Waals surface area contributed by atoms with Crippen LogP contribution in [-0.4, -0.2) is 0 Å². The molecule has 176 valence electrons. The maximum absolute atomic E-state index is 2.39. The minimum atomic E-state index is 0. The largest absolute Gasteiger partial charge is 4.00 e. The van der Waals surface area contributed by atoms with E-state index in [1.807, 2.05) is 0 Å². The molecule has 0 aliphatic rings. The van der Waals surface area contributed by atoms with Crippen LogP contribution in [0.4, 0.5) is 0 Å². The maximum atomic E-state index is 2.39. The van der Waals surface area contributed by atoms with Crippen LogP contribution in [0.25, 0.3) is 0 Å². The molecule has 0 aliphatic carbocycles. The average molecular weight is 545 g/mol. The van der Waals surface area contributed by atoms with Gasteiger partial charge in [0.15, 0.2) is 0 Å². The predicted octanol–water partition coefficient (Wildman–Crippen LogP) is 2.86. The minimum Gasteiger partial charge on any atom is -1.00 e. The van der Waals surface area contributed by atoms with E-state index < -0.39 is 0 Å². The van der Waals surface area contributed by atoms with Crippen LogP contribution in [0, 0.1) is 25.7 Å². The zero-order valence-corrected chi connectivity index (χ0v) is 25.7. The van der Waals surface area contributed by atoms with E-state index in [1.54, 1.807) is 0 Å². The molecule has 2 unspecified atom stereocenters. The molecular formula is C28H46Cl2Zr. The van der Waals surface area contributed by atoms with Crippen molar-refractivity contribution in [2.24, 2.45) is 11.8 Å². The molecule has 0 nitrogen and oxygen atoms in total. The van der Waals surface area contributed by atoms with Gasteiger partial charge in [-0.2, -0.15) is 46.5 Å². The van der Waals surface area contributed by atoms with Gasteiger partial charge in [0.25, 0.3) is 0 Å². The summed E-state index contributed by atoms with van der Waals surface area (Å²) in [5, 5.41) is 0. The Morgan fingerprint density at radius 3 is 1.16 bits per heavy atom. The third-order valence-corrected chi connectivity index (χ3v) is 6.49. The Kier molecular flexibility index (Phi) is 18.3. The first-order chi connectivity index (χ1) is 13.0. The summed E-state index contributed by atoms with van der Waals surface area (Å²) in [5.41, 5.74) is 6.58. The first kappa shape index (κ1) is 35.7. The Hall–Kier alpha value is 0.163. The van der Waals surface area contributed by atoms with Gasteiger partial charge in [-0.25, -0.2) is 12.1 Å². The van der Waals surface area contributed by atoms with Crippen molar-refractivity contribution < 1.29 is 51.0 Å². The second-order valence-corrected chi connectivity index (χ2v) is 10.4. The van der Waals surface area contributed by atoms with Crippen LogP contribution in [0.5, 0.6) is 0 Å². The number of hydrogen-bond acceptors (Lipinski definition) is 0. The molecule has 0 saturated carbocycles. The molecule has 2 aromatic carbocycles. The fourth-order valence-electron chi connectivity index (χ4n) is 4.61. The third-order valence-electron chi connectivity index (χ3n) is 6.49. The molecule has 2 aromatic rings. The van der Waals surface area contributed by atoms with E-state index in [0.29, 0.717) is 10.8 Å². The summed E-state index contributed by atoms with van der Waals surface area (Å²) in [7, 11) is 0. The van der Waals surface area contributed by atoms with Crippen molar-refractivity contribution in [1.82, 2.24) is 0 Å². The average Bonchev–Trinajstić information content (AvgIpc) is 3.23. The van der Waals surface area contributed by atoms with Crippen molar-refractivity contribution in [1.29, 1.82) is 0 Å². The van der Waals surface area contributed by atoms with Crippen LogP contribution in [-0.2, 0) is 37.0 Å². The van der Waals surface area contributed by atoms with Gasteiger partial charge in [0.2, 0.25) is 0 Å². The van der Waals surface area contributed by atoms with E-state index in [4.69, 9.17) is 0 Å². The minimum absolute atomic E-state index is 0. The zero-order valence-electron chi connectivity index (χ0n) is 21.7. The summed E-state index contributed by atoms with van der Waals surface area (Å²) >= 11 is 0. The van der Waals surface area contributed by atoms with Gasteiger partial charge in [-0.1, -0.05) is 106 Å².